The topological polar surface area (TPSA) is 65.5 Å². The lowest BCUT2D eigenvalue weighted by Crippen LogP contribution is -2.37. The van der Waals surface area contributed by atoms with E-state index in [0.717, 1.165) is 37.5 Å². The molecule has 1 aromatic carbocycles. The molecule has 0 saturated heterocycles. The van der Waals surface area contributed by atoms with Gasteiger partial charge in [-0.1, -0.05) is 25.5 Å². The second kappa shape index (κ2) is 10.7. The molecule has 0 aliphatic rings. The summed E-state index contributed by atoms with van der Waals surface area (Å²) in [6, 6.07) is 7.60. The molecule has 5 nitrogen and oxygen atoms in total. The van der Waals surface area contributed by atoms with E-state index in [9.17, 15) is 4.79 Å². The van der Waals surface area contributed by atoms with Gasteiger partial charge >= 0.3 is 0 Å². The highest BCUT2D eigenvalue weighted by molar-refractivity contribution is 5.94. The summed E-state index contributed by atoms with van der Waals surface area (Å²) in [5.41, 5.74) is 1.70. The van der Waals surface area contributed by atoms with Crippen molar-refractivity contribution in [3.63, 3.8) is 0 Å². The van der Waals surface area contributed by atoms with Crippen LogP contribution in [0.4, 0.5) is 0 Å². The van der Waals surface area contributed by atoms with E-state index in [1.807, 2.05) is 38.1 Å². The van der Waals surface area contributed by atoms with Crippen LogP contribution in [0.25, 0.3) is 0 Å². The Labute approximate surface area is 133 Å². The molecule has 0 bridgehead atoms. The number of carbonyl (C=O) groups excluding carboxylic acids is 1. The highest BCUT2D eigenvalue weighted by atomic mass is 16.1. The van der Waals surface area contributed by atoms with Crippen LogP contribution in [0.5, 0.6) is 0 Å². The molecule has 1 rings (SSSR count). The van der Waals surface area contributed by atoms with Crippen LogP contribution in [0.3, 0.4) is 0 Å². The average Bonchev–Trinajstić information content (AvgIpc) is 2.53. The molecule has 0 radical (unpaired) electrons. The fourth-order valence-electron chi connectivity index (χ4n) is 1.97. The molecule has 0 unspecified atom stereocenters. The van der Waals surface area contributed by atoms with Crippen molar-refractivity contribution in [3.05, 3.63) is 35.4 Å². The first kappa shape index (κ1) is 18.0. The molecule has 0 aromatic heterocycles. The summed E-state index contributed by atoms with van der Waals surface area (Å²) in [6.07, 6.45) is 2.28. The fourth-order valence-corrected chi connectivity index (χ4v) is 1.97. The Bertz CT molecular complexity index is 485. The van der Waals surface area contributed by atoms with Crippen molar-refractivity contribution >= 4 is 11.9 Å². The highest BCUT2D eigenvalue weighted by Gasteiger charge is 2.04. The van der Waals surface area contributed by atoms with E-state index in [2.05, 4.69) is 27.9 Å². The number of carbonyl (C=O) groups is 1. The summed E-state index contributed by atoms with van der Waals surface area (Å²) < 4.78 is 0. The number of hydrogen-bond acceptors (Lipinski definition) is 2. The van der Waals surface area contributed by atoms with E-state index in [1.54, 1.807) is 0 Å². The number of guanidine groups is 1. The number of rotatable bonds is 8. The van der Waals surface area contributed by atoms with Crippen molar-refractivity contribution in [1.82, 2.24) is 16.0 Å². The van der Waals surface area contributed by atoms with Crippen LogP contribution in [0.15, 0.2) is 29.3 Å². The van der Waals surface area contributed by atoms with E-state index in [4.69, 9.17) is 0 Å². The van der Waals surface area contributed by atoms with Gasteiger partial charge in [-0.3, -0.25) is 4.79 Å². The zero-order chi connectivity index (χ0) is 16.2. The average molecular weight is 304 g/mol. The van der Waals surface area contributed by atoms with E-state index < -0.39 is 0 Å². The van der Waals surface area contributed by atoms with Gasteiger partial charge in [-0.2, -0.15) is 0 Å². The lowest BCUT2D eigenvalue weighted by atomic mass is 10.1. The zero-order valence-electron chi connectivity index (χ0n) is 13.9. The van der Waals surface area contributed by atoms with Crippen LogP contribution >= 0.6 is 0 Å². The lowest BCUT2D eigenvalue weighted by Gasteiger charge is -2.11. The minimum absolute atomic E-state index is 0.0405. The first-order valence-corrected chi connectivity index (χ1v) is 8.10. The maximum Gasteiger partial charge on any atom is 0.251 e. The van der Waals surface area contributed by atoms with Crippen LogP contribution in [-0.4, -0.2) is 31.5 Å². The number of aliphatic imine (C=N–C) groups is 1. The number of nitrogens with one attached hydrogen (secondary N) is 3. The molecular weight excluding hydrogens is 276 g/mol. The normalized spacial score (nSPS) is 11.1. The van der Waals surface area contributed by atoms with Gasteiger partial charge < -0.3 is 16.0 Å². The van der Waals surface area contributed by atoms with Gasteiger partial charge in [0.25, 0.3) is 5.91 Å². The Morgan fingerprint density at radius 3 is 2.55 bits per heavy atom. The predicted molar refractivity (Wildman–Crippen MR) is 92.2 cm³/mol. The Hall–Kier alpha value is -2.04. The molecule has 122 valence electrons. The summed E-state index contributed by atoms with van der Waals surface area (Å²) >= 11 is 0. The van der Waals surface area contributed by atoms with Crippen molar-refractivity contribution < 1.29 is 4.79 Å². The lowest BCUT2D eigenvalue weighted by molar-refractivity contribution is 0.0955. The molecule has 0 aliphatic carbocycles. The molecule has 0 aliphatic heterocycles. The van der Waals surface area contributed by atoms with Crippen LogP contribution < -0.4 is 16.0 Å². The smallest absolute Gasteiger partial charge is 0.251 e. The Morgan fingerprint density at radius 1 is 1.09 bits per heavy atom. The van der Waals surface area contributed by atoms with E-state index in [1.165, 1.54) is 0 Å². The molecule has 0 heterocycles. The van der Waals surface area contributed by atoms with Gasteiger partial charge in [-0.15, -0.1) is 0 Å². The maximum atomic E-state index is 11.8. The first-order chi connectivity index (χ1) is 10.7. The number of unbranched alkanes of at least 4 members (excludes halogenated alkanes) is 1. The van der Waals surface area contributed by atoms with E-state index in [-0.39, 0.29) is 5.91 Å². The zero-order valence-corrected chi connectivity index (χ0v) is 13.9. The standard InChI is InChI=1S/C17H28N4O/c1-4-7-11-20-17(19-6-3)21-13-14-9-8-10-15(12-14)16(22)18-5-2/h8-10,12H,4-7,11,13H2,1-3H3,(H,18,22)(H2,19,20,21). The van der Waals surface area contributed by atoms with E-state index >= 15 is 0 Å². The van der Waals surface area contributed by atoms with Gasteiger partial charge in [0.1, 0.15) is 0 Å². The summed E-state index contributed by atoms with van der Waals surface area (Å²) in [4.78, 5) is 16.4. The third-order valence-corrected chi connectivity index (χ3v) is 3.11. The minimum Gasteiger partial charge on any atom is -0.357 e. The van der Waals surface area contributed by atoms with Crippen molar-refractivity contribution in [2.45, 2.75) is 40.2 Å². The highest BCUT2D eigenvalue weighted by Crippen LogP contribution is 2.06. The molecule has 1 aromatic rings. The van der Waals surface area contributed by atoms with Crippen molar-refractivity contribution in [3.8, 4) is 0 Å². The monoisotopic (exact) mass is 304 g/mol. The molecule has 0 spiro atoms. The summed E-state index contributed by atoms with van der Waals surface area (Å²) in [7, 11) is 0. The molecule has 0 atom stereocenters. The molecule has 3 N–H and O–H groups in total. The van der Waals surface area contributed by atoms with Crippen LogP contribution in [0, 0.1) is 0 Å². The van der Waals surface area contributed by atoms with Crippen LogP contribution in [0.2, 0.25) is 0 Å². The molecule has 0 fully saturated rings. The van der Waals surface area contributed by atoms with Crippen molar-refractivity contribution in [2.75, 3.05) is 19.6 Å². The molecular formula is C17H28N4O. The van der Waals surface area contributed by atoms with Gasteiger partial charge in [-0.05, 0) is 38.0 Å². The maximum absolute atomic E-state index is 11.8. The van der Waals surface area contributed by atoms with Crippen molar-refractivity contribution in [1.29, 1.82) is 0 Å². The summed E-state index contributed by atoms with van der Waals surface area (Å²) in [5.74, 6) is 0.778. The number of benzene rings is 1. The number of hydrogen-bond donors (Lipinski definition) is 3. The quantitative estimate of drug-likeness (QED) is 0.392. The SMILES string of the molecule is CCCCNC(=NCc1cccc(C(=O)NCC)c1)NCC. The summed E-state index contributed by atoms with van der Waals surface area (Å²) in [5, 5.41) is 9.35. The fraction of sp³-hybridized carbons (Fsp3) is 0.529. The van der Waals surface area contributed by atoms with Crippen molar-refractivity contribution in [2.24, 2.45) is 4.99 Å². The Balaban J connectivity index is 2.68. The van der Waals surface area contributed by atoms with Gasteiger partial charge in [0.2, 0.25) is 0 Å². The molecule has 5 heteroatoms. The third kappa shape index (κ3) is 6.61. The molecule has 0 saturated carbocycles. The van der Waals surface area contributed by atoms with Crippen LogP contribution in [-0.2, 0) is 6.54 Å². The Morgan fingerprint density at radius 2 is 1.86 bits per heavy atom. The van der Waals surface area contributed by atoms with Gasteiger partial charge in [-0.25, -0.2) is 4.99 Å². The second-order valence-corrected chi connectivity index (χ2v) is 5.04. The van der Waals surface area contributed by atoms with Gasteiger partial charge in [0, 0.05) is 25.2 Å². The number of amides is 1. The molecule has 1 amide bonds. The minimum atomic E-state index is -0.0405. The first-order valence-electron chi connectivity index (χ1n) is 8.10. The second-order valence-electron chi connectivity index (χ2n) is 5.04. The molecule has 22 heavy (non-hydrogen) atoms. The predicted octanol–water partition coefficient (Wildman–Crippen LogP) is 2.29. The van der Waals surface area contributed by atoms with E-state index in [0.29, 0.717) is 18.7 Å². The largest absolute Gasteiger partial charge is 0.357 e. The number of nitrogens with zero attached hydrogens (tertiary/aromatic N) is 1. The third-order valence-electron chi connectivity index (χ3n) is 3.11. The van der Waals surface area contributed by atoms with Gasteiger partial charge in [0.05, 0.1) is 6.54 Å². The Kier molecular flexibility index (Phi) is 8.72. The summed E-state index contributed by atoms with van der Waals surface area (Å²) in [6.45, 7) is 9.06. The van der Waals surface area contributed by atoms with Gasteiger partial charge in [0.15, 0.2) is 5.96 Å². The van der Waals surface area contributed by atoms with Crippen LogP contribution in [0.1, 0.15) is 49.5 Å².